The number of piperidine rings is 1. The van der Waals surface area contributed by atoms with Crippen molar-refractivity contribution in [3.05, 3.63) is 62.3 Å². The van der Waals surface area contributed by atoms with Crippen LogP contribution in [0.1, 0.15) is 46.9 Å². The maximum atomic E-state index is 12.0. The number of carbonyl (C=O) groups excluding carboxylic acids is 1. The number of halogens is 1. The van der Waals surface area contributed by atoms with Crippen LogP contribution in [0.5, 0.6) is 0 Å². The summed E-state index contributed by atoms with van der Waals surface area (Å²) in [6.45, 7) is 4.54. The Morgan fingerprint density at radius 3 is 2.61 bits per heavy atom. The number of benzene rings is 1. The molecule has 0 N–H and O–H groups in total. The van der Waals surface area contributed by atoms with E-state index in [-0.39, 0.29) is 18.4 Å². The van der Waals surface area contributed by atoms with Crippen molar-refractivity contribution in [1.82, 2.24) is 4.90 Å². The zero-order chi connectivity index (χ0) is 18.8. The van der Waals surface area contributed by atoms with E-state index in [1.165, 1.54) is 27.1 Å². The average Bonchev–Trinajstić information content (AvgIpc) is 3.05. The zero-order valence-electron chi connectivity index (χ0n) is 16.6. The van der Waals surface area contributed by atoms with Crippen LogP contribution in [0.3, 0.4) is 0 Å². The molecule has 4 rings (SSSR count). The minimum absolute atomic E-state index is 0. The fourth-order valence-electron chi connectivity index (χ4n) is 4.20. The standard InChI is InChI=1S/C23H27NO2S.ClH/c1-3-26-21(25)15-16-4-5-17-6-7-19-10-13-27-23(19)22(20(17)14-16)18-8-11-24(2)12-9-18;/h4-5,10,13-14H,3,6-9,11-12,15H2,1-2H3;1H. The molecule has 2 aliphatic rings. The Balaban J connectivity index is 0.00000225. The van der Waals surface area contributed by atoms with Crippen LogP contribution in [-0.4, -0.2) is 37.6 Å². The molecule has 28 heavy (non-hydrogen) atoms. The number of hydrogen-bond acceptors (Lipinski definition) is 4. The minimum atomic E-state index is -0.142. The molecule has 0 saturated carbocycles. The number of fused-ring (bicyclic) bond motifs is 2. The highest BCUT2D eigenvalue weighted by atomic mass is 35.5. The van der Waals surface area contributed by atoms with E-state index in [4.69, 9.17) is 4.74 Å². The van der Waals surface area contributed by atoms with Gasteiger partial charge < -0.3 is 9.64 Å². The van der Waals surface area contributed by atoms with Crippen LogP contribution in [-0.2, 0) is 28.8 Å². The molecule has 0 atom stereocenters. The molecule has 0 spiro atoms. The van der Waals surface area contributed by atoms with Gasteiger partial charge in [-0.15, -0.1) is 23.7 Å². The van der Waals surface area contributed by atoms with Crippen LogP contribution in [0.4, 0.5) is 0 Å². The number of aryl methyl sites for hydroxylation is 2. The van der Waals surface area contributed by atoms with Gasteiger partial charge in [-0.05, 0) is 78.9 Å². The first-order valence-corrected chi connectivity index (χ1v) is 10.8. The number of rotatable bonds is 3. The molecule has 2 heterocycles. The van der Waals surface area contributed by atoms with Gasteiger partial charge in [0, 0.05) is 18.0 Å². The quantitative estimate of drug-likeness (QED) is 0.665. The molecule has 1 aromatic carbocycles. The summed E-state index contributed by atoms with van der Waals surface area (Å²) in [5, 5.41) is 2.23. The molecule has 1 fully saturated rings. The number of carbonyl (C=O) groups is 1. The summed E-state index contributed by atoms with van der Waals surface area (Å²) in [4.78, 5) is 15.8. The number of thiophene rings is 1. The van der Waals surface area contributed by atoms with Gasteiger partial charge in [0.2, 0.25) is 0 Å². The number of hydrogen-bond donors (Lipinski definition) is 0. The molecule has 0 amide bonds. The fraction of sp³-hybridized carbons (Fsp3) is 0.435. The van der Waals surface area contributed by atoms with Gasteiger partial charge in [0.15, 0.2) is 0 Å². The van der Waals surface area contributed by atoms with E-state index in [0.29, 0.717) is 13.0 Å². The van der Waals surface area contributed by atoms with E-state index in [9.17, 15) is 4.79 Å². The molecular formula is C23H28ClNO2S. The molecule has 150 valence electrons. The van der Waals surface area contributed by atoms with Crippen molar-refractivity contribution in [3.8, 4) is 0 Å². The van der Waals surface area contributed by atoms with Crippen molar-refractivity contribution in [3.63, 3.8) is 0 Å². The Kier molecular flexibility index (Phi) is 6.97. The summed E-state index contributed by atoms with van der Waals surface area (Å²) in [5.74, 6) is -0.142. The highest BCUT2D eigenvalue weighted by molar-refractivity contribution is 7.11. The van der Waals surface area contributed by atoms with E-state index in [0.717, 1.165) is 44.3 Å². The lowest BCUT2D eigenvalue weighted by Crippen LogP contribution is -2.27. The average molecular weight is 418 g/mol. The third-order valence-corrected chi connectivity index (χ3v) is 6.65. The highest BCUT2D eigenvalue weighted by Gasteiger charge is 2.24. The van der Waals surface area contributed by atoms with Gasteiger partial charge in [-0.25, -0.2) is 0 Å². The predicted molar refractivity (Wildman–Crippen MR) is 119 cm³/mol. The van der Waals surface area contributed by atoms with E-state index < -0.39 is 0 Å². The van der Waals surface area contributed by atoms with E-state index in [2.05, 4.69) is 41.6 Å². The molecule has 0 unspecified atom stereocenters. The normalized spacial score (nSPS) is 16.6. The Bertz CT molecular complexity index is 876. The SMILES string of the molecule is CCOC(=O)Cc1ccc2c(c1)C(=C1CCN(C)CC1)c1sccc1CC2.Cl. The molecule has 2 aromatic rings. The predicted octanol–water partition coefficient (Wildman–Crippen LogP) is 4.90. The van der Waals surface area contributed by atoms with Gasteiger partial charge in [0.1, 0.15) is 0 Å². The topological polar surface area (TPSA) is 29.5 Å². The van der Waals surface area contributed by atoms with Crippen molar-refractivity contribution in [2.24, 2.45) is 0 Å². The van der Waals surface area contributed by atoms with E-state index in [1.54, 1.807) is 5.57 Å². The van der Waals surface area contributed by atoms with Crippen molar-refractivity contribution < 1.29 is 9.53 Å². The molecule has 5 heteroatoms. The lowest BCUT2D eigenvalue weighted by atomic mass is 9.88. The maximum Gasteiger partial charge on any atom is 0.310 e. The molecule has 1 aliphatic heterocycles. The van der Waals surface area contributed by atoms with Gasteiger partial charge in [-0.1, -0.05) is 23.8 Å². The monoisotopic (exact) mass is 417 g/mol. The summed E-state index contributed by atoms with van der Waals surface area (Å²) >= 11 is 1.87. The lowest BCUT2D eigenvalue weighted by Gasteiger charge is -2.27. The summed E-state index contributed by atoms with van der Waals surface area (Å²) in [6.07, 6.45) is 4.77. The van der Waals surface area contributed by atoms with Crippen LogP contribution >= 0.6 is 23.7 Å². The largest absolute Gasteiger partial charge is 0.466 e. The van der Waals surface area contributed by atoms with E-state index >= 15 is 0 Å². The Morgan fingerprint density at radius 1 is 1.11 bits per heavy atom. The van der Waals surface area contributed by atoms with Crippen LogP contribution < -0.4 is 0 Å². The molecule has 0 bridgehead atoms. The van der Waals surface area contributed by atoms with Gasteiger partial charge in [0.05, 0.1) is 13.0 Å². The van der Waals surface area contributed by atoms with Crippen LogP contribution in [0.25, 0.3) is 5.57 Å². The number of ether oxygens (including phenoxy) is 1. The molecule has 3 nitrogen and oxygen atoms in total. The summed E-state index contributed by atoms with van der Waals surface area (Å²) in [6, 6.07) is 8.88. The first-order chi connectivity index (χ1) is 13.2. The van der Waals surface area contributed by atoms with Gasteiger partial charge in [-0.2, -0.15) is 0 Å². The fourth-order valence-corrected chi connectivity index (χ4v) is 5.26. The Morgan fingerprint density at radius 2 is 1.86 bits per heavy atom. The smallest absolute Gasteiger partial charge is 0.310 e. The molecular weight excluding hydrogens is 390 g/mol. The van der Waals surface area contributed by atoms with Crippen molar-refractivity contribution in [1.29, 1.82) is 0 Å². The Labute approximate surface area is 177 Å². The second-order valence-electron chi connectivity index (χ2n) is 7.53. The van der Waals surface area contributed by atoms with E-state index in [1.807, 2.05) is 18.3 Å². The molecule has 1 aromatic heterocycles. The second kappa shape index (κ2) is 9.25. The third kappa shape index (κ3) is 4.35. The zero-order valence-corrected chi connectivity index (χ0v) is 18.3. The number of esters is 1. The summed E-state index contributed by atoms with van der Waals surface area (Å²) < 4.78 is 5.16. The van der Waals surface area contributed by atoms with Crippen LogP contribution in [0.2, 0.25) is 0 Å². The summed E-state index contributed by atoms with van der Waals surface area (Å²) in [5.41, 5.74) is 8.31. The van der Waals surface area contributed by atoms with Gasteiger partial charge in [-0.3, -0.25) is 4.79 Å². The van der Waals surface area contributed by atoms with Gasteiger partial charge in [0.25, 0.3) is 0 Å². The van der Waals surface area contributed by atoms with Gasteiger partial charge >= 0.3 is 5.97 Å². The van der Waals surface area contributed by atoms with Crippen molar-refractivity contribution >= 4 is 35.3 Å². The number of nitrogens with zero attached hydrogens (tertiary/aromatic N) is 1. The third-order valence-electron chi connectivity index (χ3n) is 5.68. The first kappa shape index (κ1) is 21.1. The van der Waals surface area contributed by atoms with Crippen LogP contribution in [0, 0.1) is 0 Å². The highest BCUT2D eigenvalue weighted by Crippen LogP contribution is 2.41. The summed E-state index contributed by atoms with van der Waals surface area (Å²) in [7, 11) is 2.20. The second-order valence-corrected chi connectivity index (χ2v) is 8.45. The first-order valence-electron chi connectivity index (χ1n) is 9.90. The molecule has 0 radical (unpaired) electrons. The van der Waals surface area contributed by atoms with Crippen molar-refractivity contribution in [2.45, 2.75) is 39.0 Å². The minimum Gasteiger partial charge on any atom is -0.466 e. The lowest BCUT2D eigenvalue weighted by molar-refractivity contribution is -0.142. The van der Waals surface area contributed by atoms with Crippen molar-refractivity contribution in [2.75, 3.05) is 26.7 Å². The maximum absolute atomic E-state index is 12.0. The molecule has 1 saturated heterocycles. The molecule has 1 aliphatic carbocycles. The van der Waals surface area contributed by atoms with Crippen LogP contribution in [0.15, 0.2) is 35.2 Å². The Hall–Kier alpha value is -1.62. The number of likely N-dealkylation sites (tertiary alicyclic amines) is 1.